The van der Waals surface area contributed by atoms with E-state index in [9.17, 15) is 4.79 Å². The van der Waals surface area contributed by atoms with Gasteiger partial charge in [-0.15, -0.1) is 11.3 Å². The van der Waals surface area contributed by atoms with Crippen molar-refractivity contribution in [3.63, 3.8) is 0 Å². The quantitative estimate of drug-likeness (QED) is 0.737. The number of thiazole rings is 1. The highest BCUT2D eigenvalue weighted by Crippen LogP contribution is 2.19. The Kier molecular flexibility index (Phi) is 3.04. The van der Waals surface area contributed by atoms with Gasteiger partial charge in [-0.05, 0) is 31.3 Å². The summed E-state index contributed by atoms with van der Waals surface area (Å²) in [6, 6.07) is 7.21. The van der Waals surface area contributed by atoms with Crippen LogP contribution in [0.25, 0.3) is 10.9 Å². The Morgan fingerprint density at radius 3 is 2.95 bits per heavy atom. The summed E-state index contributed by atoms with van der Waals surface area (Å²) < 4.78 is 2.00. The van der Waals surface area contributed by atoms with E-state index in [0.29, 0.717) is 10.2 Å². The van der Waals surface area contributed by atoms with E-state index in [4.69, 9.17) is 12.2 Å². The van der Waals surface area contributed by atoms with Crippen LogP contribution < -0.4 is 5.56 Å². The van der Waals surface area contributed by atoms with Crippen molar-refractivity contribution in [2.24, 2.45) is 0 Å². The third-order valence-corrected chi connectivity index (χ3v) is 4.28. The number of rotatable bonds is 2. The molecule has 0 spiro atoms. The molecule has 2 heterocycles. The minimum atomic E-state index is -0.166. The second-order valence-electron chi connectivity index (χ2n) is 4.20. The molecule has 96 valence electrons. The number of aromatic amines is 1. The molecule has 19 heavy (non-hydrogen) atoms. The Hall–Kier alpha value is -1.79. The van der Waals surface area contributed by atoms with E-state index in [1.165, 1.54) is 11.3 Å². The Morgan fingerprint density at radius 1 is 1.42 bits per heavy atom. The first-order chi connectivity index (χ1) is 9.18. The number of fused-ring (bicyclic) bond motifs is 1. The molecule has 1 aromatic carbocycles. The van der Waals surface area contributed by atoms with Crippen molar-refractivity contribution in [3.05, 3.63) is 56.0 Å². The second kappa shape index (κ2) is 4.71. The van der Waals surface area contributed by atoms with Gasteiger partial charge in [0.05, 0.1) is 16.9 Å². The fourth-order valence-electron chi connectivity index (χ4n) is 2.08. The number of nitrogens with one attached hydrogen (secondary N) is 1. The molecule has 1 N–H and O–H groups in total. The molecule has 0 aliphatic carbocycles. The molecule has 6 heteroatoms. The number of benzene rings is 1. The molecule has 3 aromatic rings. The van der Waals surface area contributed by atoms with E-state index < -0.39 is 0 Å². The molecule has 0 amide bonds. The lowest BCUT2D eigenvalue weighted by molar-refractivity contribution is 0.596. The summed E-state index contributed by atoms with van der Waals surface area (Å²) in [5.41, 5.74) is 0.683. The topological polar surface area (TPSA) is 50.7 Å². The van der Waals surface area contributed by atoms with Gasteiger partial charge < -0.3 is 4.98 Å². The zero-order valence-electron chi connectivity index (χ0n) is 10.2. The normalized spacial score (nSPS) is 12.7. The van der Waals surface area contributed by atoms with E-state index in [2.05, 4.69) is 9.97 Å². The van der Waals surface area contributed by atoms with Crippen molar-refractivity contribution < 1.29 is 0 Å². The SMILES string of the molecule is CC(c1nccs1)n1c(=S)[nH]c2ccccc2c1=O. The van der Waals surface area contributed by atoms with E-state index in [-0.39, 0.29) is 11.6 Å². The maximum absolute atomic E-state index is 12.5. The minimum absolute atomic E-state index is 0.0814. The van der Waals surface area contributed by atoms with Crippen LogP contribution in [0.4, 0.5) is 0 Å². The number of aromatic nitrogens is 3. The third kappa shape index (κ3) is 2.02. The summed E-state index contributed by atoms with van der Waals surface area (Å²) in [7, 11) is 0. The number of nitrogens with zero attached hydrogens (tertiary/aromatic N) is 2. The van der Waals surface area contributed by atoms with Crippen molar-refractivity contribution in [2.75, 3.05) is 0 Å². The molecule has 1 atom stereocenters. The predicted molar refractivity (Wildman–Crippen MR) is 79.3 cm³/mol. The number of hydrogen-bond acceptors (Lipinski definition) is 4. The van der Waals surface area contributed by atoms with Crippen LogP contribution in [0.3, 0.4) is 0 Å². The zero-order valence-corrected chi connectivity index (χ0v) is 11.8. The molecule has 3 rings (SSSR count). The Balaban J connectivity index is 2.30. The van der Waals surface area contributed by atoms with Crippen molar-refractivity contribution in [2.45, 2.75) is 13.0 Å². The van der Waals surface area contributed by atoms with Crippen molar-refractivity contribution >= 4 is 34.5 Å². The largest absolute Gasteiger partial charge is 0.332 e. The minimum Gasteiger partial charge on any atom is -0.332 e. The van der Waals surface area contributed by atoms with Gasteiger partial charge in [0.1, 0.15) is 5.01 Å². The average molecular weight is 289 g/mol. The lowest BCUT2D eigenvalue weighted by Crippen LogP contribution is -2.25. The highest BCUT2D eigenvalue weighted by atomic mass is 32.1. The summed E-state index contributed by atoms with van der Waals surface area (Å²) in [5.74, 6) is 0. The van der Waals surface area contributed by atoms with Crippen molar-refractivity contribution in [1.82, 2.24) is 14.5 Å². The van der Waals surface area contributed by atoms with Crippen LogP contribution in [0.1, 0.15) is 18.0 Å². The maximum Gasteiger partial charge on any atom is 0.262 e. The van der Waals surface area contributed by atoms with Gasteiger partial charge in [0, 0.05) is 11.6 Å². The molecule has 0 radical (unpaired) electrons. The van der Waals surface area contributed by atoms with E-state index >= 15 is 0 Å². The molecule has 0 saturated heterocycles. The van der Waals surface area contributed by atoms with Gasteiger partial charge in [0.15, 0.2) is 4.77 Å². The van der Waals surface area contributed by atoms with Crippen molar-refractivity contribution in [1.29, 1.82) is 0 Å². The molecule has 2 aromatic heterocycles. The van der Waals surface area contributed by atoms with Crippen LogP contribution in [0.15, 0.2) is 40.6 Å². The monoisotopic (exact) mass is 289 g/mol. The van der Waals surface area contributed by atoms with Crippen LogP contribution >= 0.6 is 23.6 Å². The lowest BCUT2D eigenvalue weighted by Gasteiger charge is -2.13. The molecule has 0 aliphatic heterocycles. The molecule has 1 unspecified atom stereocenters. The van der Waals surface area contributed by atoms with Crippen LogP contribution in [-0.2, 0) is 0 Å². The first-order valence-corrected chi connectivity index (χ1v) is 7.10. The summed E-state index contributed by atoms with van der Waals surface area (Å²) in [5, 5.41) is 3.40. The highest BCUT2D eigenvalue weighted by Gasteiger charge is 2.15. The fraction of sp³-hybridized carbons (Fsp3) is 0.154. The lowest BCUT2D eigenvalue weighted by atomic mass is 10.2. The molecule has 0 aliphatic rings. The van der Waals surface area contributed by atoms with E-state index in [0.717, 1.165) is 10.5 Å². The predicted octanol–water partition coefficient (Wildman–Crippen LogP) is 3.12. The van der Waals surface area contributed by atoms with Gasteiger partial charge in [0.2, 0.25) is 0 Å². The maximum atomic E-state index is 12.5. The molecule has 0 bridgehead atoms. The van der Waals surface area contributed by atoms with Crippen molar-refractivity contribution in [3.8, 4) is 0 Å². The molecular formula is C13H11N3OS2. The Labute approximate surface area is 118 Å². The first kappa shape index (κ1) is 12.3. The molecular weight excluding hydrogens is 278 g/mol. The van der Waals surface area contributed by atoms with E-state index in [1.807, 2.05) is 30.5 Å². The van der Waals surface area contributed by atoms with Gasteiger partial charge in [-0.2, -0.15) is 0 Å². The Bertz CT molecular complexity index is 833. The van der Waals surface area contributed by atoms with Gasteiger partial charge in [-0.1, -0.05) is 12.1 Å². The fourth-order valence-corrected chi connectivity index (χ4v) is 3.12. The van der Waals surface area contributed by atoms with Gasteiger partial charge in [-0.25, -0.2) is 4.98 Å². The van der Waals surface area contributed by atoms with Crippen LogP contribution in [0.5, 0.6) is 0 Å². The Morgan fingerprint density at radius 2 is 2.21 bits per heavy atom. The van der Waals surface area contributed by atoms with Gasteiger partial charge in [0.25, 0.3) is 5.56 Å². The average Bonchev–Trinajstić information content (AvgIpc) is 2.92. The third-order valence-electron chi connectivity index (χ3n) is 3.03. The smallest absolute Gasteiger partial charge is 0.262 e. The van der Waals surface area contributed by atoms with E-state index in [1.54, 1.807) is 16.8 Å². The van der Waals surface area contributed by atoms with Crippen LogP contribution in [-0.4, -0.2) is 14.5 Å². The zero-order chi connectivity index (χ0) is 13.4. The summed E-state index contributed by atoms with van der Waals surface area (Å²) in [6.45, 7) is 1.93. The molecule has 0 fully saturated rings. The highest BCUT2D eigenvalue weighted by molar-refractivity contribution is 7.71. The van der Waals surface area contributed by atoms with Gasteiger partial charge >= 0.3 is 0 Å². The second-order valence-corrected chi connectivity index (χ2v) is 5.51. The van der Waals surface area contributed by atoms with Crippen LogP contribution in [0, 0.1) is 4.77 Å². The molecule has 4 nitrogen and oxygen atoms in total. The van der Waals surface area contributed by atoms with Gasteiger partial charge in [-0.3, -0.25) is 9.36 Å². The first-order valence-electron chi connectivity index (χ1n) is 5.81. The standard InChI is InChI=1S/C13H11N3OS2/c1-8(11-14-6-7-19-11)16-12(17)9-4-2-3-5-10(9)15-13(16)18/h2-8H,1H3,(H,15,18). The number of H-pyrrole nitrogens is 1. The summed E-state index contributed by atoms with van der Waals surface area (Å²) in [4.78, 5) is 19.9. The summed E-state index contributed by atoms with van der Waals surface area (Å²) in [6.07, 6.45) is 1.73. The number of para-hydroxylation sites is 1. The number of hydrogen-bond donors (Lipinski definition) is 1. The van der Waals surface area contributed by atoms with Crippen LogP contribution in [0.2, 0.25) is 0 Å². The molecule has 0 saturated carbocycles. The summed E-state index contributed by atoms with van der Waals surface area (Å²) >= 11 is 6.82.